The van der Waals surface area contributed by atoms with E-state index in [1.165, 1.54) is 0 Å². The molecule has 0 amide bonds. The van der Waals surface area contributed by atoms with E-state index >= 15 is 0 Å². The zero-order valence-electron chi connectivity index (χ0n) is 11.8. The first-order valence-electron chi connectivity index (χ1n) is 6.38. The number of nitrogens with zero attached hydrogens (tertiary/aromatic N) is 2. The number of hydrogen-bond acceptors (Lipinski definition) is 4. The molecule has 0 aliphatic heterocycles. The summed E-state index contributed by atoms with van der Waals surface area (Å²) in [6, 6.07) is 0. The van der Waals surface area contributed by atoms with E-state index in [2.05, 4.69) is 52.0 Å². The lowest BCUT2D eigenvalue weighted by molar-refractivity contribution is -0.00906. The van der Waals surface area contributed by atoms with Crippen molar-refractivity contribution in [2.45, 2.75) is 46.1 Å². The quantitative estimate of drug-likeness (QED) is 0.872. The van der Waals surface area contributed by atoms with E-state index in [-0.39, 0.29) is 0 Å². The van der Waals surface area contributed by atoms with Gasteiger partial charge >= 0.3 is 0 Å². The van der Waals surface area contributed by atoms with Crippen molar-refractivity contribution in [2.75, 3.05) is 19.0 Å². The van der Waals surface area contributed by atoms with Gasteiger partial charge in [0.1, 0.15) is 11.4 Å². The van der Waals surface area contributed by atoms with E-state index in [9.17, 15) is 0 Å². The Morgan fingerprint density at radius 1 is 1.28 bits per heavy atom. The van der Waals surface area contributed by atoms with Crippen LogP contribution in [-0.4, -0.2) is 23.6 Å². The average molecular weight is 316 g/mol. The molecule has 1 rings (SSSR count). The molecule has 102 valence electrons. The molecule has 0 aromatic carbocycles. The largest absolute Gasteiger partial charge is 0.371 e. The van der Waals surface area contributed by atoms with E-state index in [0.717, 1.165) is 41.2 Å². The van der Waals surface area contributed by atoms with Crippen molar-refractivity contribution in [3.63, 3.8) is 0 Å². The van der Waals surface area contributed by atoms with E-state index in [4.69, 9.17) is 4.74 Å². The van der Waals surface area contributed by atoms with Gasteiger partial charge in [0.15, 0.2) is 5.82 Å². The minimum absolute atomic E-state index is 0.436. The van der Waals surface area contributed by atoms with Gasteiger partial charge in [-0.2, -0.15) is 0 Å². The Morgan fingerprint density at radius 3 is 2.39 bits per heavy atom. The predicted octanol–water partition coefficient (Wildman–Crippen LogP) is 3.50. The number of anilines is 1. The van der Waals surface area contributed by atoms with Gasteiger partial charge in [-0.05, 0) is 42.6 Å². The van der Waals surface area contributed by atoms with Crippen molar-refractivity contribution < 1.29 is 4.74 Å². The molecule has 0 bridgehead atoms. The van der Waals surface area contributed by atoms with E-state index in [1.54, 1.807) is 7.11 Å². The first kappa shape index (κ1) is 15.4. The van der Waals surface area contributed by atoms with Crippen LogP contribution in [0.25, 0.3) is 0 Å². The van der Waals surface area contributed by atoms with Gasteiger partial charge in [-0.3, -0.25) is 0 Å². The predicted molar refractivity (Wildman–Crippen MR) is 77.9 cm³/mol. The third kappa shape index (κ3) is 3.01. The Morgan fingerprint density at radius 2 is 1.94 bits per heavy atom. The number of aryl methyl sites for hydroxylation is 1. The lowest BCUT2D eigenvalue weighted by atomic mass is 10.0. The van der Waals surface area contributed by atoms with Crippen LogP contribution in [0.15, 0.2) is 4.47 Å². The van der Waals surface area contributed by atoms with Gasteiger partial charge in [-0.1, -0.05) is 13.8 Å². The molecule has 18 heavy (non-hydrogen) atoms. The van der Waals surface area contributed by atoms with Crippen LogP contribution in [0.4, 0.5) is 5.82 Å². The average Bonchev–Trinajstić information content (AvgIpc) is 2.40. The molecule has 0 saturated heterocycles. The van der Waals surface area contributed by atoms with Crippen molar-refractivity contribution >= 4 is 21.7 Å². The highest BCUT2D eigenvalue weighted by Gasteiger charge is 2.29. The maximum absolute atomic E-state index is 5.58. The normalized spacial score (nSPS) is 14.3. The van der Waals surface area contributed by atoms with Crippen molar-refractivity contribution in [3.05, 3.63) is 16.0 Å². The maximum atomic E-state index is 5.58. The molecule has 0 saturated carbocycles. The summed E-state index contributed by atoms with van der Waals surface area (Å²) in [6.07, 6.45) is 1.69. The molecule has 1 N–H and O–H groups in total. The molecule has 1 atom stereocenters. The minimum Gasteiger partial charge on any atom is -0.371 e. The van der Waals surface area contributed by atoms with Gasteiger partial charge < -0.3 is 10.1 Å². The van der Waals surface area contributed by atoms with Crippen LogP contribution in [0, 0.1) is 0 Å². The third-order valence-corrected chi connectivity index (χ3v) is 4.03. The Kier molecular flexibility index (Phi) is 5.53. The lowest BCUT2D eigenvalue weighted by Crippen LogP contribution is -2.27. The van der Waals surface area contributed by atoms with Gasteiger partial charge in [-0.15, -0.1) is 0 Å². The summed E-state index contributed by atoms with van der Waals surface area (Å²) in [7, 11) is 1.70. The molecule has 0 aliphatic rings. The van der Waals surface area contributed by atoms with Gasteiger partial charge in [0.25, 0.3) is 0 Å². The SMILES string of the molecule is CCNc1nc(C(C)(CC)OC)nc(CC)c1Br. The second kappa shape index (κ2) is 6.48. The highest BCUT2D eigenvalue weighted by molar-refractivity contribution is 9.10. The van der Waals surface area contributed by atoms with Crippen LogP contribution in [0.5, 0.6) is 0 Å². The summed E-state index contributed by atoms with van der Waals surface area (Å²) in [5.41, 5.74) is 0.571. The Balaban J connectivity index is 3.33. The van der Waals surface area contributed by atoms with E-state index in [1.807, 2.05) is 6.92 Å². The highest BCUT2D eigenvalue weighted by atomic mass is 79.9. The maximum Gasteiger partial charge on any atom is 0.162 e. The fourth-order valence-electron chi connectivity index (χ4n) is 1.64. The van der Waals surface area contributed by atoms with Crippen molar-refractivity contribution in [1.29, 1.82) is 0 Å². The Hall–Kier alpha value is -0.680. The summed E-state index contributed by atoms with van der Waals surface area (Å²) < 4.78 is 6.53. The first-order valence-corrected chi connectivity index (χ1v) is 7.17. The molecule has 0 aliphatic carbocycles. The number of ether oxygens (including phenoxy) is 1. The Bertz CT molecular complexity index is 405. The van der Waals surface area contributed by atoms with Gasteiger partial charge in [0.2, 0.25) is 0 Å². The fraction of sp³-hybridized carbons (Fsp3) is 0.692. The number of nitrogens with one attached hydrogen (secondary N) is 1. The molecule has 4 nitrogen and oxygen atoms in total. The minimum atomic E-state index is -0.436. The van der Waals surface area contributed by atoms with Crippen LogP contribution >= 0.6 is 15.9 Å². The number of aromatic nitrogens is 2. The number of rotatable bonds is 6. The third-order valence-electron chi connectivity index (χ3n) is 3.20. The zero-order chi connectivity index (χ0) is 13.8. The number of methoxy groups -OCH3 is 1. The molecule has 0 radical (unpaired) electrons. The summed E-state index contributed by atoms with van der Waals surface area (Å²) in [5.74, 6) is 1.58. The number of hydrogen-bond donors (Lipinski definition) is 1. The summed E-state index contributed by atoms with van der Waals surface area (Å²) in [6.45, 7) is 9.06. The summed E-state index contributed by atoms with van der Waals surface area (Å²) in [5, 5.41) is 3.26. The molecule has 1 aromatic rings. The molecular formula is C13H22BrN3O. The second-order valence-corrected chi connectivity index (χ2v) is 5.12. The summed E-state index contributed by atoms with van der Waals surface area (Å²) in [4.78, 5) is 9.21. The lowest BCUT2D eigenvalue weighted by Gasteiger charge is -2.26. The molecule has 0 spiro atoms. The molecule has 1 unspecified atom stereocenters. The highest BCUT2D eigenvalue weighted by Crippen LogP contribution is 2.30. The van der Waals surface area contributed by atoms with E-state index in [0.29, 0.717) is 0 Å². The van der Waals surface area contributed by atoms with Crippen molar-refractivity contribution in [1.82, 2.24) is 9.97 Å². The standard InChI is InChI=1S/C13H22BrN3O/c1-6-9-10(14)11(15-8-3)17-12(16-9)13(4,7-2)18-5/h6-8H2,1-5H3,(H,15,16,17). The van der Waals surface area contributed by atoms with Gasteiger partial charge in [-0.25, -0.2) is 9.97 Å². The van der Waals surface area contributed by atoms with Crippen LogP contribution in [0.3, 0.4) is 0 Å². The van der Waals surface area contributed by atoms with E-state index < -0.39 is 5.60 Å². The van der Waals surface area contributed by atoms with Gasteiger partial charge in [0.05, 0.1) is 10.2 Å². The fourth-order valence-corrected chi connectivity index (χ4v) is 2.24. The zero-order valence-corrected chi connectivity index (χ0v) is 13.4. The van der Waals surface area contributed by atoms with Gasteiger partial charge in [0, 0.05) is 13.7 Å². The molecule has 1 heterocycles. The molecular weight excluding hydrogens is 294 g/mol. The molecule has 1 aromatic heterocycles. The topological polar surface area (TPSA) is 47.0 Å². The number of halogens is 1. The van der Waals surface area contributed by atoms with Crippen LogP contribution in [0.1, 0.15) is 45.6 Å². The van der Waals surface area contributed by atoms with Crippen LogP contribution < -0.4 is 5.32 Å². The second-order valence-electron chi connectivity index (χ2n) is 4.33. The summed E-state index contributed by atoms with van der Waals surface area (Å²) >= 11 is 3.56. The monoisotopic (exact) mass is 315 g/mol. The first-order chi connectivity index (χ1) is 8.52. The smallest absolute Gasteiger partial charge is 0.162 e. The van der Waals surface area contributed by atoms with Crippen LogP contribution in [0.2, 0.25) is 0 Å². The molecule has 5 heteroatoms. The van der Waals surface area contributed by atoms with Crippen molar-refractivity contribution in [2.24, 2.45) is 0 Å². The van der Waals surface area contributed by atoms with Crippen LogP contribution in [-0.2, 0) is 16.8 Å². The Labute approximate surface area is 118 Å². The molecule has 0 fully saturated rings. The van der Waals surface area contributed by atoms with Crippen molar-refractivity contribution in [3.8, 4) is 0 Å².